The zero-order valence-electron chi connectivity index (χ0n) is 28.8. The Balaban J connectivity index is 1.96. The number of amides is 2. The molecule has 2 N–H and O–H groups in total. The molecule has 2 aromatic carbocycles. The van der Waals surface area contributed by atoms with Gasteiger partial charge in [0.15, 0.2) is 6.10 Å². The summed E-state index contributed by atoms with van der Waals surface area (Å²) in [6.07, 6.45) is 1.64. The van der Waals surface area contributed by atoms with Gasteiger partial charge in [0.25, 0.3) is 0 Å². The Bertz CT molecular complexity index is 1450. The molecule has 0 saturated carbocycles. The normalized spacial score (nSPS) is 23.6. The Morgan fingerprint density at radius 2 is 1.69 bits per heavy atom. The number of alkyl halides is 1. The molecule has 0 unspecified atom stereocenters. The van der Waals surface area contributed by atoms with Gasteiger partial charge < -0.3 is 24.8 Å². The topological polar surface area (TPSA) is 120 Å². The molecule has 0 spiro atoms. The Kier molecular flexibility index (Phi) is 14.4. The van der Waals surface area contributed by atoms with Crippen molar-refractivity contribution in [3.8, 4) is 5.75 Å². The maximum atomic E-state index is 13.7. The van der Waals surface area contributed by atoms with Crippen molar-refractivity contribution in [2.24, 2.45) is 23.2 Å². The third-order valence-electron chi connectivity index (χ3n) is 8.64. The first-order chi connectivity index (χ1) is 22.6. The van der Waals surface area contributed by atoms with Crippen molar-refractivity contribution in [2.45, 2.75) is 84.4 Å². The number of hydrogen-bond donors (Lipinski definition) is 2. The van der Waals surface area contributed by atoms with E-state index in [4.69, 9.17) is 37.4 Å². The monoisotopic (exact) mass is 702 g/mol. The zero-order valence-corrected chi connectivity index (χ0v) is 30.3. The number of nitrogens with one attached hydrogen (secondary N) is 2. The van der Waals surface area contributed by atoms with Crippen LogP contribution < -0.4 is 15.4 Å². The van der Waals surface area contributed by atoms with Gasteiger partial charge in [-0.2, -0.15) is 0 Å². The number of benzene rings is 2. The molecule has 48 heavy (non-hydrogen) atoms. The molecule has 3 rings (SSSR count). The highest BCUT2D eigenvalue weighted by Gasteiger charge is 2.38. The van der Waals surface area contributed by atoms with Crippen molar-refractivity contribution in [1.82, 2.24) is 10.6 Å². The van der Waals surface area contributed by atoms with E-state index in [0.29, 0.717) is 16.3 Å². The van der Waals surface area contributed by atoms with Crippen LogP contribution in [0.5, 0.6) is 5.75 Å². The van der Waals surface area contributed by atoms with Crippen molar-refractivity contribution < 1.29 is 33.4 Å². The summed E-state index contributed by atoms with van der Waals surface area (Å²) in [7, 11) is 1.50. The van der Waals surface area contributed by atoms with Crippen LogP contribution in [0.15, 0.2) is 60.7 Å². The zero-order chi connectivity index (χ0) is 35.6. The van der Waals surface area contributed by atoms with Gasteiger partial charge in [0.2, 0.25) is 11.8 Å². The lowest BCUT2D eigenvalue weighted by Gasteiger charge is -2.33. The van der Waals surface area contributed by atoms with Crippen LogP contribution in [0.4, 0.5) is 0 Å². The van der Waals surface area contributed by atoms with Gasteiger partial charge in [0.05, 0.1) is 22.9 Å². The number of esters is 2. The minimum absolute atomic E-state index is 0.0136. The standard InChI is InChI=1S/C37H48Cl2N2O7/c1-22(2)18-31-35(44)47-29(23(3)24(4)33(39)26-12-9-8-10-13-26)14-11-15-32(42)41-28(20-25-16-17-30(46-7)27(38)19-25)34(43)40-21-37(5,6)36(45)48-31/h8-13,15-17,19,22-24,28-29,31,33H,14,18,20-21H2,1-7H3,(H,40,43)(H,41,42)/b15-11+/t23-,24-,28-,29+,31+,33-/m1/s1. The lowest BCUT2D eigenvalue weighted by Crippen LogP contribution is -2.51. The summed E-state index contributed by atoms with van der Waals surface area (Å²) in [4.78, 5) is 53.8. The van der Waals surface area contributed by atoms with Crippen LogP contribution in [0, 0.1) is 23.2 Å². The number of carbonyl (C=O) groups is 4. The van der Waals surface area contributed by atoms with Gasteiger partial charge in [-0.25, -0.2) is 4.79 Å². The lowest BCUT2D eigenvalue weighted by molar-refractivity contribution is -0.179. The van der Waals surface area contributed by atoms with E-state index in [9.17, 15) is 19.2 Å². The van der Waals surface area contributed by atoms with E-state index in [1.807, 2.05) is 58.0 Å². The predicted molar refractivity (Wildman–Crippen MR) is 187 cm³/mol. The molecule has 1 heterocycles. The average molecular weight is 704 g/mol. The molecular formula is C37H48Cl2N2O7. The fourth-order valence-corrected chi connectivity index (χ4v) is 6.02. The highest BCUT2D eigenvalue weighted by molar-refractivity contribution is 6.32. The summed E-state index contributed by atoms with van der Waals surface area (Å²) in [5.41, 5.74) is 0.422. The number of rotatable bonds is 9. The fourth-order valence-electron chi connectivity index (χ4n) is 5.36. The molecule has 9 nitrogen and oxygen atoms in total. The van der Waals surface area contributed by atoms with E-state index in [1.54, 1.807) is 38.1 Å². The first kappa shape index (κ1) is 38.9. The summed E-state index contributed by atoms with van der Waals surface area (Å²) in [6, 6.07) is 13.8. The number of cyclic esters (lactones) is 2. The summed E-state index contributed by atoms with van der Waals surface area (Å²) in [5, 5.41) is 5.54. The van der Waals surface area contributed by atoms with Gasteiger partial charge in [-0.1, -0.05) is 81.8 Å². The van der Waals surface area contributed by atoms with Gasteiger partial charge in [-0.05, 0) is 67.4 Å². The molecule has 2 aromatic rings. The second-order valence-corrected chi connectivity index (χ2v) is 14.4. The van der Waals surface area contributed by atoms with Crippen LogP contribution in [-0.2, 0) is 35.1 Å². The van der Waals surface area contributed by atoms with Crippen molar-refractivity contribution in [3.63, 3.8) is 0 Å². The smallest absolute Gasteiger partial charge is 0.347 e. The second-order valence-electron chi connectivity index (χ2n) is 13.5. The predicted octanol–water partition coefficient (Wildman–Crippen LogP) is 6.60. The first-order valence-electron chi connectivity index (χ1n) is 16.3. The lowest BCUT2D eigenvalue weighted by atomic mass is 9.84. The Labute approximate surface area is 294 Å². The Morgan fingerprint density at radius 1 is 1.00 bits per heavy atom. The van der Waals surface area contributed by atoms with Crippen LogP contribution >= 0.6 is 23.2 Å². The van der Waals surface area contributed by atoms with Crippen molar-refractivity contribution in [3.05, 3.63) is 76.8 Å². The molecular weight excluding hydrogens is 655 g/mol. The maximum Gasteiger partial charge on any atom is 0.347 e. The highest BCUT2D eigenvalue weighted by Crippen LogP contribution is 2.37. The van der Waals surface area contributed by atoms with Gasteiger partial charge in [-0.3, -0.25) is 14.4 Å². The van der Waals surface area contributed by atoms with Crippen LogP contribution in [0.3, 0.4) is 0 Å². The molecule has 0 saturated heterocycles. The molecule has 1 aliphatic heterocycles. The molecule has 0 bridgehead atoms. The van der Waals surface area contributed by atoms with E-state index >= 15 is 0 Å². The summed E-state index contributed by atoms with van der Waals surface area (Å²) in [5.74, 6) is -2.25. The van der Waals surface area contributed by atoms with Crippen LogP contribution in [0.1, 0.15) is 70.9 Å². The van der Waals surface area contributed by atoms with Gasteiger partial charge in [-0.15, -0.1) is 11.6 Å². The van der Waals surface area contributed by atoms with Crippen LogP contribution in [-0.4, -0.2) is 55.7 Å². The number of hydrogen-bond acceptors (Lipinski definition) is 7. The Morgan fingerprint density at radius 3 is 2.31 bits per heavy atom. The number of carbonyl (C=O) groups excluding carboxylic acids is 4. The van der Waals surface area contributed by atoms with Gasteiger partial charge >= 0.3 is 11.9 Å². The first-order valence-corrected chi connectivity index (χ1v) is 17.1. The molecule has 0 radical (unpaired) electrons. The van der Waals surface area contributed by atoms with E-state index in [0.717, 1.165) is 5.56 Å². The molecule has 11 heteroatoms. The number of ether oxygens (including phenoxy) is 3. The van der Waals surface area contributed by atoms with Crippen LogP contribution in [0.25, 0.3) is 0 Å². The summed E-state index contributed by atoms with van der Waals surface area (Å²) < 4.78 is 17.1. The Hall–Kier alpha value is -3.56. The van der Waals surface area contributed by atoms with Crippen molar-refractivity contribution >= 4 is 47.0 Å². The third-order valence-corrected chi connectivity index (χ3v) is 9.59. The van der Waals surface area contributed by atoms with Crippen molar-refractivity contribution in [1.29, 1.82) is 0 Å². The van der Waals surface area contributed by atoms with Gasteiger partial charge in [0, 0.05) is 19.4 Å². The highest BCUT2D eigenvalue weighted by atomic mass is 35.5. The SMILES string of the molecule is COc1ccc(C[C@H]2NC(=O)/C=C/C[C@@H]([C@H](C)[C@@H](C)[C@@H](Cl)c3ccccc3)OC(=O)[C@H](CC(C)C)OC(=O)C(C)(C)CNC2=O)cc1Cl. The average Bonchev–Trinajstić information content (AvgIpc) is 3.04. The summed E-state index contributed by atoms with van der Waals surface area (Å²) in [6.45, 7) is 10.9. The molecule has 0 aromatic heterocycles. The number of methoxy groups -OCH3 is 1. The molecule has 0 aliphatic carbocycles. The van der Waals surface area contributed by atoms with E-state index in [-0.39, 0.29) is 48.9 Å². The van der Waals surface area contributed by atoms with Gasteiger partial charge in [0.1, 0.15) is 17.9 Å². The minimum atomic E-state index is -1.21. The third kappa shape index (κ3) is 11.0. The molecule has 0 fully saturated rings. The van der Waals surface area contributed by atoms with E-state index in [1.165, 1.54) is 13.2 Å². The van der Waals surface area contributed by atoms with Crippen LogP contribution in [0.2, 0.25) is 5.02 Å². The fraction of sp³-hybridized carbons (Fsp3) is 0.514. The summed E-state index contributed by atoms with van der Waals surface area (Å²) >= 11 is 13.2. The molecule has 1 aliphatic rings. The maximum absolute atomic E-state index is 13.7. The largest absolute Gasteiger partial charge is 0.495 e. The number of halogens is 2. The molecule has 6 atom stereocenters. The quantitative estimate of drug-likeness (QED) is 0.223. The van der Waals surface area contributed by atoms with Crippen molar-refractivity contribution in [2.75, 3.05) is 13.7 Å². The second kappa shape index (κ2) is 17.7. The van der Waals surface area contributed by atoms with E-state index in [2.05, 4.69) is 10.6 Å². The molecule has 2 amide bonds. The molecule has 262 valence electrons. The minimum Gasteiger partial charge on any atom is -0.495 e. The van der Waals surface area contributed by atoms with E-state index < -0.39 is 47.4 Å².